The van der Waals surface area contributed by atoms with E-state index in [1.54, 1.807) is 11.3 Å². The lowest BCUT2D eigenvalue weighted by Gasteiger charge is -2.31. The molecule has 0 saturated carbocycles. The Morgan fingerprint density at radius 2 is 1.80 bits per heavy atom. The van der Waals surface area contributed by atoms with Gasteiger partial charge in [-0.25, -0.2) is 0 Å². The fourth-order valence-corrected chi connectivity index (χ4v) is 3.96. The van der Waals surface area contributed by atoms with E-state index in [-0.39, 0.29) is 5.69 Å². The summed E-state index contributed by atoms with van der Waals surface area (Å²) in [4.78, 5) is 27.7. The number of carbonyl (C=O) groups is 2. The van der Waals surface area contributed by atoms with Crippen molar-refractivity contribution in [2.24, 2.45) is 5.92 Å². The topological polar surface area (TPSA) is 70.7 Å². The monoisotopic (exact) mass is 441 g/mol. The molecule has 10 heteroatoms. The summed E-state index contributed by atoms with van der Waals surface area (Å²) in [5.41, 5.74) is 0.201. The Balaban J connectivity index is 1.37. The number of nitrogens with one attached hydrogen (secondary N) is 2. The smallest absolute Gasteiger partial charge is 0.406 e. The summed E-state index contributed by atoms with van der Waals surface area (Å²) in [6.45, 7) is 3.23. The zero-order valence-corrected chi connectivity index (χ0v) is 16.9. The van der Waals surface area contributed by atoms with Crippen LogP contribution in [0.15, 0.2) is 41.8 Å². The van der Waals surface area contributed by atoms with Gasteiger partial charge >= 0.3 is 18.2 Å². The predicted octanol–water partition coefficient (Wildman–Crippen LogP) is 3.61. The second-order valence-corrected chi connectivity index (χ2v) is 8.07. The number of rotatable bonds is 6. The van der Waals surface area contributed by atoms with Crippen molar-refractivity contribution >= 4 is 28.8 Å². The third kappa shape index (κ3) is 7.03. The molecule has 2 N–H and O–H groups in total. The second kappa shape index (κ2) is 9.94. The van der Waals surface area contributed by atoms with Gasteiger partial charge in [0.25, 0.3) is 0 Å². The quantitative estimate of drug-likeness (QED) is 0.672. The van der Waals surface area contributed by atoms with E-state index >= 15 is 0 Å². The maximum atomic E-state index is 12.2. The first kappa shape index (κ1) is 22.1. The molecule has 1 aromatic carbocycles. The molecule has 30 heavy (non-hydrogen) atoms. The van der Waals surface area contributed by atoms with Gasteiger partial charge in [0, 0.05) is 23.7 Å². The van der Waals surface area contributed by atoms with Gasteiger partial charge in [0.2, 0.25) is 0 Å². The summed E-state index contributed by atoms with van der Waals surface area (Å²) in [6, 6.07) is 8.74. The Hall–Kier alpha value is -2.59. The molecule has 2 aromatic rings. The normalized spacial score (nSPS) is 15.6. The first-order valence-corrected chi connectivity index (χ1v) is 10.4. The fourth-order valence-electron chi connectivity index (χ4n) is 3.22. The van der Waals surface area contributed by atoms with Gasteiger partial charge < -0.3 is 15.4 Å². The van der Waals surface area contributed by atoms with E-state index in [4.69, 9.17) is 0 Å². The van der Waals surface area contributed by atoms with Crippen LogP contribution in [-0.4, -0.2) is 42.7 Å². The summed E-state index contributed by atoms with van der Waals surface area (Å²) < 4.78 is 40.2. The van der Waals surface area contributed by atoms with E-state index in [1.165, 1.54) is 17.0 Å². The minimum absolute atomic E-state index is 0.201. The van der Waals surface area contributed by atoms with Crippen molar-refractivity contribution in [1.82, 2.24) is 10.2 Å². The standard InChI is InChI=1S/C20H22F3N3O3S/c21-20(22,23)29-16-5-3-15(4-6-16)25-19(28)18(27)24-12-14-7-9-26(10-8-14)13-17-2-1-11-30-17/h1-6,11,14H,7-10,12-13H2,(H,24,27)(H,25,28). The molecule has 6 nitrogen and oxygen atoms in total. The van der Waals surface area contributed by atoms with Crippen LogP contribution in [0.5, 0.6) is 5.75 Å². The van der Waals surface area contributed by atoms with Crippen LogP contribution < -0.4 is 15.4 Å². The highest BCUT2D eigenvalue weighted by Gasteiger charge is 2.31. The van der Waals surface area contributed by atoms with E-state index in [0.29, 0.717) is 12.5 Å². The summed E-state index contributed by atoms with van der Waals surface area (Å²) in [5.74, 6) is -1.74. The van der Waals surface area contributed by atoms with Crippen LogP contribution in [0.25, 0.3) is 0 Å². The van der Waals surface area contributed by atoms with Crippen molar-refractivity contribution in [3.63, 3.8) is 0 Å². The van der Waals surface area contributed by atoms with Crippen LogP contribution in [0.3, 0.4) is 0 Å². The molecule has 0 atom stereocenters. The number of amides is 2. The Kier molecular flexibility index (Phi) is 7.33. The Bertz CT molecular complexity index is 833. The highest BCUT2D eigenvalue weighted by Crippen LogP contribution is 2.24. The van der Waals surface area contributed by atoms with Crippen LogP contribution in [0.1, 0.15) is 17.7 Å². The van der Waals surface area contributed by atoms with Gasteiger partial charge in [-0.3, -0.25) is 14.5 Å². The third-order valence-corrected chi connectivity index (χ3v) is 5.63. The molecule has 1 aromatic heterocycles. The van der Waals surface area contributed by atoms with Gasteiger partial charge in [-0.05, 0) is 67.6 Å². The van der Waals surface area contributed by atoms with E-state index in [9.17, 15) is 22.8 Å². The molecule has 1 saturated heterocycles. The SMILES string of the molecule is O=C(NCC1CCN(Cc2cccs2)CC1)C(=O)Nc1ccc(OC(F)(F)F)cc1. The van der Waals surface area contributed by atoms with Gasteiger partial charge in [0.1, 0.15) is 5.75 Å². The van der Waals surface area contributed by atoms with Crippen LogP contribution >= 0.6 is 11.3 Å². The van der Waals surface area contributed by atoms with E-state index < -0.39 is 23.9 Å². The van der Waals surface area contributed by atoms with Gasteiger partial charge in [-0.1, -0.05) is 6.07 Å². The maximum Gasteiger partial charge on any atom is 0.573 e. The average Bonchev–Trinajstić information content (AvgIpc) is 3.20. The maximum absolute atomic E-state index is 12.2. The van der Waals surface area contributed by atoms with E-state index in [0.717, 1.165) is 44.6 Å². The number of likely N-dealkylation sites (tertiary alicyclic amines) is 1. The number of ether oxygens (including phenoxy) is 1. The van der Waals surface area contributed by atoms with Crippen LogP contribution in [0.2, 0.25) is 0 Å². The molecule has 0 aliphatic carbocycles. The number of alkyl halides is 3. The van der Waals surface area contributed by atoms with Gasteiger partial charge in [0.05, 0.1) is 0 Å². The lowest BCUT2D eigenvalue weighted by molar-refractivity contribution is -0.274. The third-order valence-electron chi connectivity index (χ3n) is 4.77. The molecule has 2 heterocycles. The molecule has 1 aliphatic rings. The summed E-state index contributed by atoms with van der Waals surface area (Å²) >= 11 is 1.74. The molecular weight excluding hydrogens is 419 g/mol. The highest BCUT2D eigenvalue weighted by atomic mass is 32.1. The first-order valence-electron chi connectivity index (χ1n) is 9.48. The largest absolute Gasteiger partial charge is 0.573 e. The van der Waals surface area contributed by atoms with Crippen LogP contribution in [-0.2, 0) is 16.1 Å². The lowest BCUT2D eigenvalue weighted by Crippen LogP contribution is -2.41. The first-order chi connectivity index (χ1) is 14.3. The van der Waals surface area contributed by atoms with Crippen molar-refractivity contribution in [3.05, 3.63) is 46.7 Å². The second-order valence-electron chi connectivity index (χ2n) is 7.04. The number of halogens is 3. The molecule has 1 fully saturated rings. The number of hydrogen-bond donors (Lipinski definition) is 2. The summed E-state index contributed by atoms with van der Waals surface area (Å²) in [5, 5.41) is 7.05. The fraction of sp³-hybridized carbons (Fsp3) is 0.400. The minimum atomic E-state index is -4.79. The molecule has 0 radical (unpaired) electrons. The molecule has 0 unspecified atom stereocenters. The minimum Gasteiger partial charge on any atom is -0.406 e. The van der Waals surface area contributed by atoms with Crippen molar-refractivity contribution in [2.75, 3.05) is 25.0 Å². The molecule has 0 spiro atoms. The molecule has 2 amide bonds. The molecular formula is C20H22F3N3O3S. The average molecular weight is 441 g/mol. The van der Waals surface area contributed by atoms with Crippen molar-refractivity contribution in [1.29, 1.82) is 0 Å². The molecule has 1 aliphatic heterocycles. The van der Waals surface area contributed by atoms with Crippen molar-refractivity contribution in [3.8, 4) is 5.75 Å². The summed E-state index contributed by atoms with van der Waals surface area (Å²) in [6.07, 6.45) is -2.91. The summed E-state index contributed by atoms with van der Waals surface area (Å²) in [7, 11) is 0. The Morgan fingerprint density at radius 1 is 1.10 bits per heavy atom. The lowest BCUT2D eigenvalue weighted by atomic mass is 9.97. The van der Waals surface area contributed by atoms with Gasteiger partial charge in [-0.15, -0.1) is 24.5 Å². The van der Waals surface area contributed by atoms with Crippen molar-refractivity contribution in [2.45, 2.75) is 25.7 Å². The number of thiophene rings is 1. The highest BCUT2D eigenvalue weighted by molar-refractivity contribution is 7.09. The Morgan fingerprint density at radius 3 is 2.40 bits per heavy atom. The van der Waals surface area contributed by atoms with Gasteiger partial charge in [0.15, 0.2) is 0 Å². The number of nitrogens with zero attached hydrogens (tertiary/aromatic N) is 1. The number of benzene rings is 1. The number of carbonyl (C=O) groups excluding carboxylic acids is 2. The zero-order valence-electron chi connectivity index (χ0n) is 16.1. The number of hydrogen-bond acceptors (Lipinski definition) is 5. The van der Waals surface area contributed by atoms with Crippen LogP contribution in [0.4, 0.5) is 18.9 Å². The predicted molar refractivity (Wildman–Crippen MR) is 107 cm³/mol. The molecule has 162 valence electrons. The van der Waals surface area contributed by atoms with Gasteiger partial charge in [-0.2, -0.15) is 0 Å². The van der Waals surface area contributed by atoms with E-state index in [1.807, 2.05) is 6.07 Å². The van der Waals surface area contributed by atoms with E-state index in [2.05, 4.69) is 31.7 Å². The zero-order chi connectivity index (χ0) is 21.6. The molecule has 0 bridgehead atoms. The van der Waals surface area contributed by atoms with Crippen LogP contribution in [0, 0.1) is 5.92 Å². The Labute approximate surface area is 176 Å². The number of anilines is 1. The van der Waals surface area contributed by atoms with Crippen molar-refractivity contribution < 1.29 is 27.5 Å². The number of piperidine rings is 1. The molecule has 3 rings (SSSR count).